The Morgan fingerprint density at radius 2 is 1.92 bits per heavy atom. The summed E-state index contributed by atoms with van der Waals surface area (Å²) in [4.78, 5) is 24.6. The molecule has 0 saturated carbocycles. The lowest BCUT2D eigenvalue weighted by Crippen LogP contribution is -2.18. The molecule has 0 bridgehead atoms. The summed E-state index contributed by atoms with van der Waals surface area (Å²) >= 11 is 0. The summed E-state index contributed by atoms with van der Waals surface area (Å²) < 4.78 is 13.2. The van der Waals surface area contributed by atoms with E-state index in [0.29, 0.717) is 6.61 Å². The van der Waals surface area contributed by atoms with Crippen molar-refractivity contribution < 1.29 is 29.0 Å². The van der Waals surface area contributed by atoms with Gasteiger partial charge in [-0.25, -0.2) is 4.79 Å². The molecule has 7 heteroatoms. The monoisotopic (exact) mass is 200 g/mol. The van der Waals surface area contributed by atoms with Crippen LogP contribution in [-0.2, 0) is 14.1 Å². The van der Waals surface area contributed by atoms with Gasteiger partial charge < -0.3 is 19.6 Å². The smallest absolute Gasteiger partial charge is 0.334 e. The predicted molar refractivity (Wildman–Crippen MR) is 41.8 cm³/mol. The Bertz CT molecular complexity index is 141. The molecule has 12 heavy (non-hydrogen) atoms. The van der Waals surface area contributed by atoms with Crippen molar-refractivity contribution in [1.82, 2.24) is 0 Å². The van der Waals surface area contributed by atoms with Crippen LogP contribution in [0.5, 0.6) is 0 Å². The number of esters is 1. The number of ether oxygens (including phenoxy) is 1. The second-order valence-corrected chi connectivity index (χ2v) is 2.28. The number of carbonyl (C=O) groups excluding carboxylic acids is 1. The Balaban J connectivity index is 0. The Hall–Kier alpha value is -0.420. The van der Waals surface area contributed by atoms with Crippen LogP contribution in [0.15, 0.2) is 0 Å². The average Bonchev–Trinajstić information content (AvgIpc) is 1.86. The molecule has 0 aliphatic rings. The number of aliphatic hydroxyl groups is 1. The van der Waals surface area contributed by atoms with Crippen LogP contribution in [0.2, 0.25) is 0 Å². The molecule has 0 aromatic rings. The van der Waals surface area contributed by atoms with Crippen LogP contribution in [0, 0.1) is 0 Å². The number of aliphatic hydroxyl groups excluding tert-OH is 1. The van der Waals surface area contributed by atoms with E-state index in [2.05, 4.69) is 4.74 Å². The lowest BCUT2D eigenvalue weighted by Gasteiger charge is -2.01. The maximum atomic E-state index is 10.3. The van der Waals surface area contributed by atoms with Crippen molar-refractivity contribution >= 4 is 14.2 Å². The second-order valence-electron chi connectivity index (χ2n) is 1.71. The molecule has 0 aliphatic carbocycles. The number of rotatable bonds is 2. The summed E-state index contributed by atoms with van der Waals surface area (Å²) in [5.41, 5.74) is 0. The molecule has 0 aromatic heterocycles. The summed E-state index contributed by atoms with van der Waals surface area (Å²) in [6.07, 6.45) is -0.991. The topological polar surface area (TPSA) is 104 Å². The maximum absolute atomic E-state index is 10.3. The normalized spacial score (nSPS) is 11.5. The van der Waals surface area contributed by atoms with Crippen LogP contribution < -0.4 is 0 Å². The zero-order chi connectivity index (χ0) is 10.1. The lowest BCUT2D eigenvalue weighted by atomic mass is 10.4. The van der Waals surface area contributed by atoms with Gasteiger partial charge in [-0.05, 0) is 13.8 Å². The Labute approximate surface area is 70.7 Å². The van der Waals surface area contributed by atoms with E-state index in [1.807, 2.05) is 0 Å². The third-order valence-electron chi connectivity index (χ3n) is 0.628. The van der Waals surface area contributed by atoms with Gasteiger partial charge >= 0.3 is 14.2 Å². The fraction of sp³-hybridized carbons (Fsp3) is 0.800. The lowest BCUT2D eigenvalue weighted by molar-refractivity contribution is -0.151. The van der Waals surface area contributed by atoms with Crippen LogP contribution in [0.1, 0.15) is 13.8 Å². The van der Waals surface area contributed by atoms with Gasteiger partial charge in [-0.15, -0.1) is 0 Å². The first-order chi connectivity index (χ1) is 5.41. The molecule has 3 N–H and O–H groups in total. The van der Waals surface area contributed by atoms with Crippen molar-refractivity contribution in [3.8, 4) is 0 Å². The zero-order valence-electron chi connectivity index (χ0n) is 6.85. The van der Waals surface area contributed by atoms with E-state index < -0.39 is 20.3 Å². The van der Waals surface area contributed by atoms with Gasteiger partial charge in [0.05, 0.1) is 6.61 Å². The van der Waals surface area contributed by atoms with Crippen molar-refractivity contribution in [3.63, 3.8) is 0 Å². The molecular formula is C5H13O6P. The molecule has 1 unspecified atom stereocenters. The third kappa shape index (κ3) is 16.3. The molecule has 6 nitrogen and oxygen atoms in total. The van der Waals surface area contributed by atoms with Crippen LogP contribution >= 0.6 is 8.25 Å². The van der Waals surface area contributed by atoms with Gasteiger partial charge in [-0.2, -0.15) is 0 Å². The van der Waals surface area contributed by atoms with E-state index in [9.17, 15) is 4.79 Å². The van der Waals surface area contributed by atoms with E-state index in [1.54, 1.807) is 6.92 Å². The molecule has 0 fully saturated rings. The molecule has 74 valence electrons. The molecule has 0 spiro atoms. The van der Waals surface area contributed by atoms with Crippen molar-refractivity contribution in [1.29, 1.82) is 0 Å². The molecule has 0 aliphatic heterocycles. The molecule has 0 aromatic carbocycles. The van der Waals surface area contributed by atoms with Gasteiger partial charge in [0.15, 0.2) is 0 Å². The molecule has 0 radical (unpaired) electrons. The van der Waals surface area contributed by atoms with E-state index in [4.69, 9.17) is 19.5 Å². The Kier molecular flexibility index (Phi) is 10.2. The Morgan fingerprint density at radius 3 is 2.00 bits per heavy atom. The summed E-state index contributed by atoms with van der Waals surface area (Å²) in [5.74, 6) is -0.562. The van der Waals surface area contributed by atoms with Gasteiger partial charge in [0.1, 0.15) is 6.10 Å². The van der Waals surface area contributed by atoms with Gasteiger partial charge in [0, 0.05) is 0 Å². The summed E-state index contributed by atoms with van der Waals surface area (Å²) in [5, 5.41) is 8.48. The molecule has 0 amide bonds. The van der Waals surface area contributed by atoms with Crippen molar-refractivity contribution in [2.45, 2.75) is 20.0 Å². The fourth-order valence-corrected chi connectivity index (χ4v) is 0.263. The van der Waals surface area contributed by atoms with Gasteiger partial charge in [-0.1, -0.05) is 0 Å². The molecule has 1 atom stereocenters. The van der Waals surface area contributed by atoms with Crippen LogP contribution in [-0.4, -0.2) is 33.6 Å². The van der Waals surface area contributed by atoms with Crippen LogP contribution in [0.3, 0.4) is 0 Å². The first-order valence-electron chi connectivity index (χ1n) is 3.18. The highest BCUT2D eigenvalue weighted by Gasteiger charge is 2.07. The highest BCUT2D eigenvalue weighted by Crippen LogP contribution is 1.98. The highest BCUT2D eigenvalue weighted by molar-refractivity contribution is 7.30. The minimum absolute atomic E-state index is 0.323. The van der Waals surface area contributed by atoms with E-state index in [-0.39, 0.29) is 0 Å². The first-order valence-corrected chi connectivity index (χ1v) is 4.48. The molecule has 0 rings (SSSR count). The quantitative estimate of drug-likeness (QED) is 0.402. The SMILES string of the molecule is CCOC(=O)C(C)O.O=[PH](O)O. The van der Waals surface area contributed by atoms with Gasteiger partial charge in [0.2, 0.25) is 0 Å². The second kappa shape index (κ2) is 8.67. The number of hydrogen-bond acceptors (Lipinski definition) is 4. The third-order valence-corrected chi connectivity index (χ3v) is 0.628. The summed E-state index contributed by atoms with van der Waals surface area (Å²) in [7, 11) is -3.13. The fourth-order valence-electron chi connectivity index (χ4n) is 0.263. The van der Waals surface area contributed by atoms with E-state index in [0.717, 1.165) is 0 Å². The Morgan fingerprint density at radius 1 is 1.58 bits per heavy atom. The van der Waals surface area contributed by atoms with Gasteiger partial charge in [-0.3, -0.25) is 4.57 Å². The molecular weight excluding hydrogens is 187 g/mol. The van der Waals surface area contributed by atoms with Crippen molar-refractivity contribution in [3.05, 3.63) is 0 Å². The van der Waals surface area contributed by atoms with Crippen LogP contribution in [0.25, 0.3) is 0 Å². The predicted octanol–water partition coefficient (Wildman–Crippen LogP) is -0.709. The summed E-state index contributed by atoms with van der Waals surface area (Å²) in [6, 6.07) is 0. The van der Waals surface area contributed by atoms with Crippen molar-refractivity contribution in [2.24, 2.45) is 0 Å². The first kappa shape index (κ1) is 14.1. The van der Waals surface area contributed by atoms with Crippen LogP contribution in [0.4, 0.5) is 0 Å². The summed E-state index contributed by atoms with van der Waals surface area (Å²) in [6.45, 7) is 3.39. The van der Waals surface area contributed by atoms with E-state index in [1.165, 1.54) is 6.92 Å². The largest absolute Gasteiger partial charge is 0.464 e. The number of hydrogen-bond donors (Lipinski definition) is 3. The minimum Gasteiger partial charge on any atom is -0.464 e. The van der Waals surface area contributed by atoms with Gasteiger partial charge in [0.25, 0.3) is 0 Å². The molecule has 0 heterocycles. The number of carbonyl (C=O) groups is 1. The molecule has 0 saturated heterocycles. The zero-order valence-corrected chi connectivity index (χ0v) is 7.85. The van der Waals surface area contributed by atoms with Crippen molar-refractivity contribution in [2.75, 3.05) is 6.61 Å². The highest BCUT2D eigenvalue weighted by atomic mass is 31.1. The minimum atomic E-state index is -3.13. The standard InChI is InChI=1S/C5H10O3.H3O3P/c1-3-8-5(7)4(2)6;1-4(2)3/h4,6H,3H2,1-2H3;4H,(H2,1,2,3). The average molecular weight is 200 g/mol. The van der Waals surface area contributed by atoms with E-state index >= 15 is 0 Å². The maximum Gasteiger partial charge on any atom is 0.334 e.